The Morgan fingerprint density at radius 3 is 2.37 bits per heavy atom. The van der Waals surface area contributed by atoms with Crippen molar-refractivity contribution in [3.05, 3.63) is 35.4 Å². The molecule has 0 amide bonds. The van der Waals surface area contributed by atoms with Gasteiger partial charge in [-0.1, -0.05) is 38.1 Å². The molecule has 0 aliphatic rings. The van der Waals surface area contributed by atoms with Gasteiger partial charge in [0.15, 0.2) is 0 Å². The zero-order valence-electron chi connectivity index (χ0n) is 12.4. The molecule has 0 aliphatic carbocycles. The molecular weight excluding hydrogens is 238 g/mol. The lowest BCUT2D eigenvalue weighted by Gasteiger charge is -2.13. The molecule has 0 saturated carbocycles. The van der Waals surface area contributed by atoms with Crippen LogP contribution in [0.15, 0.2) is 24.3 Å². The number of methoxy groups -OCH3 is 1. The Balaban J connectivity index is 2.33. The van der Waals surface area contributed by atoms with Crippen LogP contribution < -0.4 is 5.73 Å². The second-order valence-corrected chi connectivity index (χ2v) is 5.37. The van der Waals surface area contributed by atoms with Gasteiger partial charge >= 0.3 is 0 Å². The number of benzene rings is 1. The molecule has 1 atom stereocenters. The molecule has 3 nitrogen and oxygen atoms in total. The smallest absolute Gasteiger partial charge is 0.0659 e. The highest BCUT2D eigenvalue weighted by atomic mass is 16.5. The predicted octanol–water partition coefficient (Wildman–Crippen LogP) is 2.94. The quantitative estimate of drug-likeness (QED) is 0.698. The van der Waals surface area contributed by atoms with E-state index < -0.39 is 0 Å². The second-order valence-electron chi connectivity index (χ2n) is 5.37. The van der Waals surface area contributed by atoms with E-state index >= 15 is 0 Å². The first-order valence-corrected chi connectivity index (χ1v) is 7.04. The summed E-state index contributed by atoms with van der Waals surface area (Å²) in [5.74, 6) is 0.684. The molecule has 3 heteroatoms. The maximum atomic E-state index is 6.10. The van der Waals surface area contributed by atoms with Crippen LogP contribution in [0.1, 0.15) is 37.4 Å². The topological polar surface area (TPSA) is 44.5 Å². The summed E-state index contributed by atoms with van der Waals surface area (Å²) in [6.07, 6.45) is 2.03. The number of hydrogen-bond acceptors (Lipinski definition) is 3. The number of ether oxygens (including phenoxy) is 2. The van der Waals surface area contributed by atoms with Crippen LogP contribution >= 0.6 is 0 Å². The van der Waals surface area contributed by atoms with Crippen LogP contribution in [0, 0.1) is 5.92 Å². The molecule has 1 aromatic rings. The molecule has 0 aliphatic heterocycles. The van der Waals surface area contributed by atoms with Gasteiger partial charge in [-0.05, 0) is 29.9 Å². The third kappa shape index (κ3) is 6.71. The number of rotatable bonds is 9. The van der Waals surface area contributed by atoms with Gasteiger partial charge in [0.2, 0.25) is 0 Å². The summed E-state index contributed by atoms with van der Waals surface area (Å²) >= 11 is 0. The van der Waals surface area contributed by atoms with Crippen LogP contribution in [-0.4, -0.2) is 26.9 Å². The van der Waals surface area contributed by atoms with Gasteiger partial charge in [0.1, 0.15) is 0 Å². The van der Waals surface area contributed by atoms with Gasteiger partial charge in [-0.2, -0.15) is 0 Å². The van der Waals surface area contributed by atoms with Gasteiger partial charge in [0.05, 0.1) is 12.6 Å². The number of hydrogen-bond donors (Lipinski definition) is 1. The van der Waals surface area contributed by atoms with E-state index in [2.05, 4.69) is 38.1 Å². The third-order valence-electron chi connectivity index (χ3n) is 2.99. The maximum absolute atomic E-state index is 6.10. The summed E-state index contributed by atoms with van der Waals surface area (Å²) in [5, 5.41) is 0. The molecule has 1 unspecified atom stereocenters. The molecule has 19 heavy (non-hydrogen) atoms. The van der Waals surface area contributed by atoms with E-state index in [-0.39, 0.29) is 6.04 Å². The molecule has 0 bridgehead atoms. The molecular formula is C16H27NO2. The molecule has 1 rings (SSSR count). The largest absolute Gasteiger partial charge is 0.385 e. The van der Waals surface area contributed by atoms with Gasteiger partial charge in [-0.25, -0.2) is 0 Å². The summed E-state index contributed by atoms with van der Waals surface area (Å²) in [6.45, 7) is 6.46. The second kappa shape index (κ2) is 9.08. The Morgan fingerprint density at radius 1 is 1.11 bits per heavy atom. The van der Waals surface area contributed by atoms with Gasteiger partial charge in [-0.15, -0.1) is 0 Å². The highest BCUT2D eigenvalue weighted by Gasteiger charge is 2.06. The lowest BCUT2D eigenvalue weighted by molar-refractivity contribution is 0.0940. The Hall–Kier alpha value is -0.900. The normalized spacial score (nSPS) is 12.9. The van der Waals surface area contributed by atoms with Crippen molar-refractivity contribution in [2.75, 3.05) is 26.9 Å². The monoisotopic (exact) mass is 265 g/mol. The molecule has 2 N–H and O–H groups in total. The molecule has 0 heterocycles. The number of nitrogens with two attached hydrogens (primary N) is 1. The minimum absolute atomic E-state index is 0.0457. The van der Waals surface area contributed by atoms with Crippen LogP contribution in [0.3, 0.4) is 0 Å². The van der Waals surface area contributed by atoms with Gasteiger partial charge in [-0.3, -0.25) is 0 Å². The van der Waals surface area contributed by atoms with E-state index in [0.29, 0.717) is 19.1 Å². The van der Waals surface area contributed by atoms with Crippen molar-refractivity contribution in [3.8, 4) is 0 Å². The van der Waals surface area contributed by atoms with Gasteiger partial charge in [0.25, 0.3) is 0 Å². The first-order chi connectivity index (χ1) is 9.13. The third-order valence-corrected chi connectivity index (χ3v) is 2.99. The Morgan fingerprint density at radius 2 is 1.79 bits per heavy atom. The Bertz CT molecular complexity index is 335. The van der Waals surface area contributed by atoms with Crippen LogP contribution in [0.5, 0.6) is 0 Å². The minimum atomic E-state index is -0.0457. The van der Waals surface area contributed by atoms with Crippen molar-refractivity contribution in [3.63, 3.8) is 0 Å². The maximum Gasteiger partial charge on any atom is 0.0659 e. The lowest BCUT2D eigenvalue weighted by Crippen LogP contribution is -2.17. The highest BCUT2D eigenvalue weighted by molar-refractivity contribution is 5.25. The van der Waals surface area contributed by atoms with E-state index in [1.54, 1.807) is 7.11 Å². The zero-order valence-corrected chi connectivity index (χ0v) is 12.4. The summed E-state index contributed by atoms with van der Waals surface area (Å²) < 4.78 is 10.5. The first kappa shape index (κ1) is 16.2. The summed E-state index contributed by atoms with van der Waals surface area (Å²) in [5.41, 5.74) is 8.61. The van der Waals surface area contributed by atoms with Crippen LogP contribution in [0.4, 0.5) is 0 Å². The van der Waals surface area contributed by atoms with E-state index in [9.17, 15) is 0 Å². The molecule has 1 aromatic carbocycles. The van der Waals surface area contributed by atoms with E-state index in [1.165, 1.54) is 5.56 Å². The van der Waals surface area contributed by atoms with Crippen molar-refractivity contribution < 1.29 is 9.47 Å². The molecule has 0 saturated heterocycles. The van der Waals surface area contributed by atoms with Crippen LogP contribution in [-0.2, 0) is 15.9 Å². The zero-order chi connectivity index (χ0) is 14.1. The summed E-state index contributed by atoms with van der Waals surface area (Å²) in [7, 11) is 1.70. The van der Waals surface area contributed by atoms with Crippen LogP contribution in [0.25, 0.3) is 0 Å². The summed E-state index contributed by atoms with van der Waals surface area (Å²) in [4.78, 5) is 0. The molecule has 108 valence electrons. The van der Waals surface area contributed by atoms with Crippen molar-refractivity contribution in [2.45, 2.75) is 32.7 Å². The van der Waals surface area contributed by atoms with E-state index in [4.69, 9.17) is 15.2 Å². The van der Waals surface area contributed by atoms with E-state index in [0.717, 1.165) is 25.0 Å². The van der Waals surface area contributed by atoms with Crippen molar-refractivity contribution in [1.29, 1.82) is 0 Å². The van der Waals surface area contributed by atoms with Gasteiger partial charge < -0.3 is 15.2 Å². The highest BCUT2D eigenvalue weighted by Crippen LogP contribution is 2.14. The Kier molecular flexibility index (Phi) is 7.72. The summed E-state index contributed by atoms with van der Waals surface area (Å²) in [6, 6.07) is 8.51. The average Bonchev–Trinajstić information content (AvgIpc) is 2.38. The standard InChI is InChI=1S/C16H27NO2/c1-13(2)11-14-5-7-15(8-6-14)16(17)12-19-10-4-9-18-3/h5-8,13,16H,4,9-12,17H2,1-3H3. The van der Waals surface area contributed by atoms with E-state index in [1.807, 2.05) is 0 Å². The fourth-order valence-electron chi connectivity index (χ4n) is 1.98. The first-order valence-electron chi connectivity index (χ1n) is 7.04. The minimum Gasteiger partial charge on any atom is -0.385 e. The molecule has 0 fully saturated rings. The molecule has 0 aromatic heterocycles. The SMILES string of the molecule is COCCCOCC(N)c1ccc(CC(C)C)cc1. The molecule has 0 radical (unpaired) electrons. The van der Waals surface area contributed by atoms with Crippen molar-refractivity contribution in [2.24, 2.45) is 11.7 Å². The average molecular weight is 265 g/mol. The fourth-order valence-corrected chi connectivity index (χ4v) is 1.98. The van der Waals surface area contributed by atoms with Gasteiger partial charge in [0, 0.05) is 20.3 Å². The van der Waals surface area contributed by atoms with Crippen molar-refractivity contribution in [1.82, 2.24) is 0 Å². The van der Waals surface area contributed by atoms with Crippen molar-refractivity contribution >= 4 is 0 Å². The lowest BCUT2D eigenvalue weighted by atomic mass is 10.00. The molecule has 0 spiro atoms. The Labute approximate surface area is 117 Å². The fraction of sp³-hybridized carbons (Fsp3) is 0.625. The van der Waals surface area contributed by atoms with Crippen LogP contribution in [0.2, 0.25) is 0 Å². The predicted molar refractivity (Wildman–Crippen MR) is 79.2 cm³/mol.